The highest BCUT2D eigenvalue weighted by molar-refractivity contribution is 5.27. The molecule has 0 radical (unpaired) electrons. The van der Waals surface area contributed by atoms with E-state index < -0.39 is 15.7 Å². The second kappa shape index (κ2) is 6.32. The SMILES string of the molecule is O=[N+]([O-])c1ccccc1.[O-][Cl+2]([O-])O. The van der Waals surface area contributed by atoms with Crippen LogP contribution >= 0.6 is 0 Å². The van der Waals surface area contributed by atoms with E-state index in [0.29, 0.717) is 0 Å². The van der Waals surface area contributed by atoms with Crippen molar-refractivity contribution in [3.8, 4) is 0 Å². The molecular weight excluding hydrogens is 202 g/mol. The lowest BCUT2D eigenvalue weighted by Crippen LogP contribution is -2.30. The zero-order valence-corrected chi connectivity index (χ0v) is 7.05. The van der Waals surface area contributed by atoms with Crippen molar-refractivity contribution in [3.05, 3.63) is 40.4 Å². The first-order valence-corrected chi connectivity index (χ1v) is 3.93. The van der Waals surface area contributed by atoms with Crippen LogP contribution in [0.25, 0.3) is 0 Å². The second-order valence-corrected chi connectivity index (χ2v) is 2.20. The number of halogens is 1. The number of nitrogens with zero attached hydrogens (tertiary/aromatic N) is 1. The van der Waals surface area contributed by atoms with Gasteiger partial charge in [0.2, 0.25) is 0 Å². The Morgan fingerprint density at radius 1 is 1.23 bits per heavy atom. The third-order valence-electron chi connectivity index (χ3n) is 0.967. The molecule has 0 amide bonds. The summed E-state index contributed by atoms with van der Waals surface area (Å²) in [6.07, 6.45) is 0. The number of benzene rings is 1. The van der Waals surface area contributed by atoms with Crippen LogP contribution in [0.15, 0.2) is 30.3 Å². The smallest absolute Gasteiger partial charge is 0.282 e. The van der Waals surface area contributed by atoms with Crippen molar-refractivity contribution in [2.24, 2.45) is 0 Å². The van der Waals surface area contributed by atoms with Crippen molar-refractivity contribution >= 4 is 5.69 Å². The van der Waals surface area contributed by atoms with E-state index in [9.17, 15) is 10.1 Å². The third kappa shape index (κ3) is 7.16. The lowest BCUT2D eigenvalue weighted by atomic mass is 10.3. The highest BCUT2D eigenvalue weighted by Gasteiger charge is 1.98. The molecule has 1 aromatic rings. The topological polar surface area (TPSA) is 109 Å². The number of para-hydroxylation sites is 1. The predicted octanol–water partition coefficient (Wildman–Crippen LogP) is -1.34. The van der Waals surface area contributed by atoms with Gasteiger partial charge in [-0.2, -0.15) is 0 Å². The molecule has 6 nitrogen and oxygen atoms in total. The fraction of sp³-hybridized carbons (Fsp3) is 0. The minimum Gasteiger partial charge on any atom is -0.321 e. The molecule has 1 aromatic carbocycles. The molecule has 0 spiro atoms. The molecule has 1 N–H and O–H groups in total. The maximum atomic E-state index is 10.0. The Kier molecular flexibility index (Phi) is 5.73. The molecule has 0 saturated heterocycles. The fourth-order valence-corrected chi connectivity index (χ4v) is 0.550. The van der Waals surface area contributed by atoms with E-state index in [1.807, 2.05) is 0 Å². The summed E-state index contributed by atoms with van der Waals surface area (Å²) in [4.78, 5) is 9.59. The van der Waals surface area contributed by atoms with E-state index in [4.69, 9.17) is 14.0 Å². The van der Waals surface area contributed by atoms with Gasteiger partial charge >= 0.3 is 0 Å². The van der Waals surface area contributed by atoms with Crippen LogP contribution in [0.1, 0.15) is 0 Å². The van der Waals surface area contributed by atoms with Gasteiger partial charge in [0.25, 0.3) is 16.5 Å². The summed E-state index contributed by atoms with van der Waals surface area (Å²) >= 11 is 0. The van der Waals surface area contributed by atoms with Crippen LogP contribution in [0.2, 0.25) is 0 Å². The van der Waals surface area contributed by atoms with Gasteiger partial charge in [0.1, 0.15) is 0 Å². The molecular formula is C6H6ClNO5. The van der Waals surface area contributed by atoms with E-state index >= 15 is 0 Å². The summed E-state index contributed by atoms with van der Waals surface area (Å²) < 4.78 is 24.0. The average molecular weight is 208 g/mol. The second-order valence-electron chi connectivity index (χ2n) is 1.79. The zero-order chi connectivity index (χ0) is 10.3. The van der Waals surface area contributed by atoms with E-state index in [1.54, 1.807) is 18.2 Å². The number of hydrogen-bond donors (Lipinski definition) is 1. The standard InChI is InChI=1S/C6H5NO2.ClHO3/c8-7(9)6-4-2-1-3-5-6;2-1(3)4/h1-5H;2H. The zero-order valence-electron chi connectivity index (χ0n) is 6.29. The van der Waals surface area contributed by atoms with Gasteiger partial charge < -0.3 is 9.32 Å². The third-order valence-corrected chi connectivity index (χ3v) is 0.967. The minimum absolute atomic E-state index is 0.137. The first-order valence-electron chi connectivity index (χ1n) is 2.98. The molecule has 7 heteroatoms. The van der Waals surface area contributed by atoms with Gasteiger partial charge in [-0.15, -0.1) is 0 Å². The first kappa shape index (κ1) is 11.8. The summed E-state index contributed by atoms with van der Waals surface area (Å²) in [6, 6.07) is 7.93. The van der Waals surface area contributed by atoms with Crippen molar-refractivity contribution in [2.45, 2.75) is 0 Å². The molecule has 0 bridgehead atoms. The first-order chi connectivity index (χ1) is 6.04. The molecule has 0 aromatic heterocycles. The van der Waals surface area contributed by atoms with Crippen molar-refractivity contribution in [1.29, 1.82) is 0 Å². The Balaban J connectivity index is 0.000000310. The maximum Gasteiger partial charge on any atom is 0.282 e. The van der Waals surface area contributed by atoms with Gasteiger partial charge in [-0.05, 0) is 0 Å². The van der Waals surface area contributed by atoms with Crippen molar-refractivity contribution < 1.29 is 29.7 Å². The Hall–Kier alpha value is -1.21. The van der Waals surface area contributed by atoms with Crippen molar-refractivity contribution in [1.82, 2.24) is 0 Å². The van der Waals surface area contributed by atoms with Gasteiger partial charge in [-0.25, -0.2) is 0 Å². The molecule has 0 aliphatic heterocycles. The quantitative estimate of drug-likeness (QED) is 0.453. The van der Waals surface area contributed by atoms with Crippen LogP contribution in [-0.4, -0.2) is 9.58 Å². The van der Waals surface area contributed by atoms with Crippen LogP contribution in [0.3, 0.4) is 0 Å². The molecule has 0 aliphatic carbocycles. The Labute approximate surface area is 76.6 Å². The molecule has 0 saturated carbocycles. The summed E-state index contributed by atoms with van der Waals surface area (Å²) in [5.74, 6) is 0. The number of rotatable bonds is 1. The summed E-state index contributed by atoms with van der Waals surface area (Å²) in [6.45, 7) is 0. The van der Waals surface area contributed by atoms with Gasteiger partial charge in [0.15, 0.2) is 0 Å². The van der Waals surface area contributed by atoms with E-state index in [0.717, 1.165) is 0 Å². The van der Waals surface area contributed by atoms with Gasteiger partial charge in [0, 0.05) is 16.8 Å². The largest absolute Gasteiger partial charge is 0.321 e. The van der Waals surface area contributed by atoms with Crippen molar-refractivity contribution in [2.75, 3.05) is 0 Å². The Morgan fingerprint density at radius 3 is 1.85 bits per heavy atom. The molecule has 72 valence electrons. The Morgan fingerprint density at radius 2 is 1.62 bits per heavy atom. The molecule has 0 heterocycles. The molecule has 0 atom stereocenters. The van der Waals surface area contributed by atoms with Gasteiger partial charge in [-0.3, -0.25) is 10.1 Å². The van der Waals surface area contributed by atoms with E-state index in [-0.39, 0.29) is 5.69 Å². The van der Waals surface area contributed by atoms with Crippen LogP contribution in [0.4, 0.5) is 5.69 Å². The number of nitro groups is 1. The molecule has 0 unspecified atom stereocenters. The number of hydrogen-bond acceptors (Lipinski definition) is 5. The molecule has 1 rings (SSSR count). The summed E-state index contributed by atoms with van der Waals surface area (Å²) in [7, 11) is -2.60. The summed E-state index contributed by atoms with van der Waals surface area (Å²) in [5.41, 5.74) is 0.137. The molecule has 0 fully saturated rings. The monoisotopic (exact) mass is 207 g/mol. The lowest BCUT2D eigenvalue weighted by Gasteiger charge is -1.85. The van der Waals surface area contributed by atoms with E-state index in [2.05, 4.69) is 0 Å². The Bertz CT molecular complexity index is 250. The van der Waals surface area contributed by atoms with Gasteiger partial charge in [-0.1, -0.05) is 18.2 Å². The maximum absolute atomic E-state index is 10.0. The van der Waals surface area contributed by atoms with Gasteiger partial charge in [0.05, 0.1) is 4.92 Å². The minimum atomic E-state index is -2.60. The van der Waals surface area contributed by atoms with Crippen LogP contribution in [0, 0.1) is 20.9 Å². The van der Waals surface area contributed by atoms with Crippen LogP contribution in [0.5, 0.6) is 0 Å². The number of non-ortho nitro benzene ring substituents is 1. The highest BCUT2D eigenvalue weighted by atomic mass is 35.6. The normalized spacial score (nSPS) is 8.92. The lowest BCUT2D eigenvalue weighted by molar-refractivity contribution is -1.63. The fourth-order valence-electron chi connectivity index (χ4n) is 0.550. The van der Waals surface area contributed by atoms with Crippen molar-refractivity contribution in [3.63, 3.8) is 0 Å². The highest BCUT2D eigenvalue weighted by Crippen LogP contribution is 2.06. The molecule has 13 heavy (non-hydrogen) atoms. The summed E-state index contributed by atoms with van der Waals surface area (Å²) in [5, 5.41) is 10.0. The molecule has 0 aliphatic rings. The van der Waals surface area contributed by atoms with Crippen LogP contribution in [-0.2, 0) is 0 Å². The average Bonchev–Trinajstić information content (AvgIpc) is 2.05. The number of nitro benzene ring substituents is 1. The van der Waals surface area contributed by atoms with E-state index in [1.165, 1.54) is 12.1 Å². The van der Waals surface area contributed by atoms with Crippen LogP contribution < -0.4 is 9.32 Å². The predicted molar refractivity (Wildman–Crippen MR) is 35.3 cm³/mol.